The molecule has 0 spiro atoms. The van der Waals surface area contributed by atoms with Crippen molar-refractivity contribution in [1.82, 2.24) is 4.90 Å². The smallest absolute Gasteiger partial charge is 0.00612 e. The second kappa shape index (κ2) is 7.29. The standard InChI is InChI=1S/C8H19N.H4Si/c1-5-7-9(4)8(3)6-2;/h8H,5-7H2,1-4H3;1H4. The van der Waals surface area contributed by atoms with Crippen molar-refractivity contribution in [2.45, 2.75) is 39.7 Å². The zero-order valence-electron chi connectivity index (χ0n) is 7.15. The SMILES string of the molecule is CCCN(C)C(C)CC.[SiH4]. The first-order valence-electron chi connectivity index (χ1n) is 3.92. The van der Waals surface area contributed by atoms with Gasteiger partial charge in [0, 0.05) is 6.04 Å². The van der Waals surface area contributed by atoms with Gasteiger partial charge < -0.3 is 4.90 Å². The molecule has 10 heavy (non-hydrogen) atoms. The van der Waals surface area contributed by atoms with E-state index in [9.17, 15) is 0 Å². The molecular formula is C8H23NSi. The van der Waals surface area contributed by atoms with Crippen molar-refractivity contribution < 1.29 is 0 Å². The summed E-state index contributed by atoms with van der Waals surface area (Å²) in [6.45, 7) is 7.96. The van der Waals surface area contributed by atoms with Gasteiger partial charge >= 0.3 is 0 Å². The molecule has 0 N–H and O–H groups in total. The van der Waals surface area contributed by atoms with Crippen molar-refractivity contribution in [3.8, 4) is 0 Å². The summed E-state index contributed by atoms with van der Waals surface area (Å²) in [5.41, 5.74) is 0. The van der Waals surface area contributed by atoms with E-state index >= 15 is 0 Å². The van der Waals surface area contributed by atoms with Crippen molar-refractivity contribution in [2.75, 3.05) is 13.6 Å². The first-order chi connectivity index (χ1) is 4.22. The molecule has 2 heteroatoms. The zero-order chi connectivity index (χ0) is 7.28. The van der Waals surface area contributed by atoms with Crippen LogP contribution in [-0.2, 0) is 0 Å². The third-order valence-electron chi connectivity index (χ3n) is 1.92. The molecule has 64 valence electrons. The van der Waals surface area contributed by atoms with Crippen LogP contribution in [0.4, 0.5) is 0 Å². The molecule has 0 aliphatic carbocycles. The Morgan fingerprint density at radius 2 is 1.80 bits per heavy atom. The molecule has 0 fully saturated rings. The molecule has 0 rings (SSSR count). The van der Waals surface area contributed by atoms with Gasteiger partial charge in [-0.1, -0.05) is 13.8 Å². The summed E-state index contributed by atoms with van der Waals surface area (Å²) in [5.74, 6) is 0. The molecular weight excluding hydrogens is 138 g/mol. The largest absolute Gasteiger partial charge is 0.304 e. The Bertz CT molecular complexity index is 66.3. The second-order valence-corrected chi connectivity index (χ2v) is 2.74. The minimum absolute atomic E-state index is 0. The summed E-state index contributed by atoms with van der Waals surface area (Å²) in [6, 6.07) is 0.755. The normalized spacial score (nSPS) is 12.9. The molecule has 0 heterocycles. The Morgan fingerprint density at radius 3 is 2.10 bits per heavy atom. The van der Waals surface area contributed by atoms with Crippen LogP contribution in [0.2, 0.25) is 0 Å². The van der Waals surface area contributed by atoms with E-state index in [2.05, 4.69) is 32.7 Å². The topological polar surface area (TPSA) is 3.24 Å². The van der Waals surface area contributed by atoms with Crippen molar-refractivity contribution in [2.24, 2.45) is 0 Å². The summed E-state index contributed by atoms with van der Waals surface area (Å²) >= 11 is 0. The molecule has 0 amide bonds. The van der Waals surface area contributed by atoms with Crippen LogP contribution < -0.4 is 0 Å². The highest BCUT2D eigenvalue weighted by atomic mass is 28.1. The van der Waals surface area contributed by atoms with Crippen molar-refractivity contribution >= 4 is 11.0 Å². The summed E-state index contributed by atoms with van der Waals surface area (Å²) in [5, 5.41) is 0. The summed E-state index contributed by atoms with van der Waals surface area (Å²) in [6.07, 6.45) is 2.53. The molecule has 0 aromatic rings. The van der Waals surface area contributed by atoms with E-state index in [-0.39, 0.29) is 11.0 Å². The van der Waals surface area contributed by atoms with E-state index in [1.807, 2.05) is 0 Å². The molecule has 0 aromatic carbocycles. The number of nitrogens with zero attached hydrogens (tertiary/aromatic N) is 1. The third kappa shape index (κ3) is 5.00. The van der Waals surface area contributed by atoms with Gasteiger partial charge in [0.25, 0.3) is 0 Å². The lowest BCUT2D eigenvalue weighted by molar-refractivity contribution is 0.252. The lowest BCUT2D eigenvalue weighted by atomic mass is 10.2. The van der Waals surface area contributed by atoms with Crippen LogP contribution in [0.1, 0.15) is 33.6 Å². The van der Waals surface area contributed by atoms with Gasteiger partial charge in [-0.25, -0.2) is 0 Å². The molecule has 0 saturated heterocycles. The van der Waals surface area contributed by atoms with Crippen LogP contribution in [0.5, 0.6) is 0 Å². The van der Waals surface area contributed by atoms with E-state index in [4.69, 9.17) is 0 Å². The monoisotopic (exact) mass is 161 g/mol. The average molecular weight is 161 g/mol. The molecule has 0 saturated carbocycles. The molecule has 0 aromatic heterocycles. The highest BCUT2D eigenvalue weighted by molar-refractivity contribution is 5.75. The lowest BCUT2D eigenvalue weighted by Gasteiger charge is -2.22. The van der Waals surface area contributed by atoms with Gasteiger partial charge in [0.1, 0.15) is 0 Å². The number of hydrogen-bond acceptors (Lipinski definition) is 1. The maximum atomic E-state index is 2.40. The van der Waals surface area contributed by atoms with Gasteiger partial charge in [0.15, 0.2) is 0 Å². The highest BCUT2D eigenvalue weighted by Gasteiger charge is 2.02. The average Bonchev–Trinajstić information content (AvgIpc) is 1.87. The van der Waals surface area contributed by atoms with Crippen molar-refractivity contribution in [3.05, 3.63) is 0 Å². The first-order valence-corrected chi connectivity index (χ1v) is 3.92. The molecule has 0 aliphatic heterocycles. The summed E-state index contributed by atoms with van der Waals surface area (Å²) in [7, 11) is 2.19. The van der Waals surface area contributed by atoms with E-state index in [0.29, 0.717) is 0 Å². The fourth-order valence-electron chi connectivity index (χ4n) is 0.885. The zero-order valence-corrected chi connectivity index (χ0v) is 7.15. The molecule has 0 radical (unpaired) electrons. The van der Waals surface area contributed by atoms with Gasteiger partial charge in [0.05, 0.1) is 0 Å². The first kappa shape index (κ1) is 12.8. The van der Waals surface area contributed by atoms with Crippen LogP contribution in [0.25, 0.3) is 0 Å². The Labute approximate surface area is 69.8 Å². The lowest BCUT2D eigenvalue weighted by Crippen LogP contribution is -2.28. The second-order valence-electron chi connectivity index (χ2n) is 2.74. The van der Waals surface area contributed by atoms with Gasteiger partial charge in [-0.15, -0.1) is 0 Å². The highest BCUT2D eigenvalue weighted by Crippen LogP contribution is 1.99. The van der Waals surface area contributed by atoms with Crippen LogP contribution >= 0.6 is 0 Å². The minimum Gasteiger partial charge on any atom is -0.304 e. The third-order valence-corrected chi connectivity index (χ3v) is 1.92. The fourth-order valence-corrected chi connectivity index (χ4v) is 0.885. The molecule has 1 atom stereocenters. The molecule has 0 aliphatic rings. The van der Waals surface area contributed by atoms with E-state index < -0.39 is 0 Å². The van der Waals surface area contributed by atoms with Crippen LogP contribution in [0.15, 0.2) is 0 Å². The van der Waals surface area contributed by atoms with Crippen LogP contribution in [0.3, 0.4) is 0 Å². The van der Waals surface area contributed by atoms with Gasteiger partial charge in [0.2, 0.25) is 0 Å². The van der Waals surface area contributed by atoms with Gasteiger partial charge in [-0.3, -0.25) is 0 Å². The van der Waals surface area contributed by atoms with Crippen LogP contribution in [0, 0.1) is 0 Å². The number of rotatable bonds is 4. The molecule has 1 nitrogen and oxygen atoms in total. The molecule has 1 unspecified atom stereocenters. The maximum absolute atomic E-state index is 2.40. The van der Waals surface area contributed by atoms with E-state index in [1.54, 1.807) is 0 Å². The Hall–Kier alpha value is 0.177. The minimum atomic E-state index is 0. The maximum Gasteiger partial charge on any atom is 0.00612 e. The molecule has 0 bridgehead atoms. The summed E-state index contributed by atoms with van der Waals surface area (Å²) < 4.78 is 0. The predicted octanol–water partition coefficient (Wildman–Crippen LogP) is 0.675. The van der Waals surface area contributed by atoms with Gasteiger partial charge in [-0.05, 0) is 44.3 Å². The van der Waals surface area contributed by atoms with E-state index in [1.165, 1.54) is 19.4 Å². The number of hydrogen-bond donors (Lipinski definition) is 0. The van der Waals surface area contributed by atoms with Crippen molar-refractivity contribution in [1.29, 1.82) is 0 Å². The Kier molecular flexibility index (Phi) is 9.34. The van der Waals surface area contributed by atoms with Gasteiger partial charge in [-0.2, -0.15) is 0 Å². The van der Waals surface area contributed by atoms with Crippen LogP contribution in [-0.4, -0.2) is 35.5 Å². The predicted molar refractivity (Wildman–Crippen MR) is 54.0 cm³/mol. The van der Waals surface area contributed by atoms with Crippen molar-refractivity contribution in [3.63, 3.8) is 0 Å². The Balaban J connectivity index is 0. The quantitative estimate of drug-likeness (QED) is 0.548. The van der Waals surface area contributed by atoms with E-state index in [0.717, 1.165) is 6.04 Å². The Morgan fingerprint density at radius 1 is 1.30 bits per heavy atom. The summed E-state index contributed by atoms with van der Waals surface area (Å²) in [4.78, 5) is 2.40. The fraction of sp³-hybridized carbons (Fsp3) is 1.00.